The molecule has 2 atom stereocenters. The summed E-state index contributed by atoms with van der Waals surface area (Å²) in [6.07, 6.45) is 0. The van der Waals surface area contributed by atoms with Crippen LogP contribution >= 0.6 is 0 Å². The normalized spacial score (nSPS) is 19.9. The lowest BCUT2D eigenvalue weighted by Gasteiger charge is -2.20. The molecule has 11 heteroatoms. The molecule has 0 spiro atoms. The van der Waals surface area contributed by atoms with Crippen LogP contribution in [0.15, 0.2) is 58.9 Å². The summed E-state index contributed by atoms with van der Waals surface area (Å²) in [5.41, 5.74) is 1.16. The fourth-order valence-corrected chi connectivity index (χ4v) is 3.38. The third-order valence-electron chi connectivity index (χ3n) is 4.83. The minimum atomic E-state index is -1.03. The number of rotatable bonds is 5. The van der Waals surface area contributed by atoms with Crippen LogP contribution in [0, 0.1) is 17.0 Å². The zero-order valence-electron chi connectivity index (χ0n) is 15.8. The van der Waals surface area contributed by atoms with Crippen molar-refractivity contribution in [3.05, 3.63) is 64.2 Å². The summed E-state index contributed by atoms with van der Waals surface area (Å²) < 4.78 is 0. The molecule has 1 fully saturated rings. The zero-order valence-corrected chi connectivity index (χ0v) is 15.8. The Kier molecular flexibility index (Phi) is 4.70. The lowest BCUT2D eigenvalue weighted by Crippen LogP contribution is -2.43. The lowest BCUT2D eigenvalue weighted by molar-refractivity contribution is -0.383. The molecule has 2 aromatic rings. The highest BCUT2D eigenvalue weighted by Gasteiger charge is 2.55. The van der Waals surface area contributed by atoms with Crippen molar-refractivity contribution in [2.45, 2.75) is 19.0 Å². The van der Waals surface area contributed by atoms with Gasteiger partial charge in [0, 0.05) is 6.07 Å². The largest absolute Gasteiger partial charge is 0.319 e. The van der Waals surface area contributed by atoms with E-state index in [1.807, 2.05) is 6.92 Å². The van der Waals surface area contributed by atoms with Gasteiger partial charge in [0.2, 0.25) is 5.91 Å². The number of nitro benzene ring substituents is 1. The van der Waals surface area contributed by atoms with Crippen molar-refractivity contribution >= 4 is 34.8 Å². The number of hydrogen-bond donors (Lipinski definition) is 1. The molecule has 0 aliphatic carbocycles. The van der Waals surface area contributed by atoms with E-state index in [-0.39, 0.29) is 11.4 Å². The second-order valence-corrected chi connectivity index (χ2v) is 6.86. The number of imide groups is 1. The molecule has 1 N–H and O–H groups in total. The maximum atomic E-state index is 12.9. The first-order valence-electron chi connectivity index (χ1n) is 9.02. The monoisotopic (exact) mass is 408 g/mol. The number of carbonyl (C=O) groups excluding carboxylic acids is 3. The summed E-state index contributed by atoms with van der Waals surface area (Å²) in [6, 6.07) is 10.5. The van der Waals surface area contributed by atoms with Crippen LogP contribution in [0.2, 0.25) is 0 Å². The highest BCUT2D eigenvalue weighted by molar-refractivity contribution is 6.25. The number of benzene rings is 2. The number of nitro groups is 1. The van der Waals surface area contributed by atoms with Crippen molar-refractivity contribution in [1.82, 2.24) is 5.01 Å². The Morgan fingerprint density at radius 1 is 1.13 bits per heavy atom. The Hall–Kier alpha value is -4.15. The van der Waals surface area contributed by atoms with Crippen LogP contribution in [-0.4, -0.2) is 46.3 Å². The summed E-state index contributed by atoms with van der Waals surface area (Å²) in [6.45, 7) is 1.50. The van der Waals surface area contributed by atoms with Crippen molar-refractivity contribution < 1.29 is 19.3 Å². The standard InChI is InChI=1S/C19H16N6O5/c1-11-6-8-12(9-7-11)24-18(27)16-17(19(24)28)23(22-21-16)10-15(26)20-13-4-2-3-5-14(13)25(29)30/h2-9,16-17H,10H2,1H3,(H,20,26)/t16-,17-/m0/s1. The van der Waals surface area contributed by atoms with Crippen LogP contribution < -0.4 is 10.2 Å². The number of aryl methyl sites for hydroxylation is 1. The van der Waals surface area contributed by atoms with Crippen molar-refractivity contribution in [3.63, 3.8) is 0 Å². The molecule has 2 aromatic carbocycles. The molecule has 0 bridgehead atoms. The molecule has 4 rings (SSSR count). The molecule has 2 aliphatic heterocycles. The number of nitrogens with zero attached hydrogens (tertiary/aromatic N) is 5. The van der Waals surface area contributed by atoms with Crippen LogP contribution in [0.4, 0.5) is 17.1 Å². The smallest absolute Gasteiger partial charge is 0.292 e. The Balaban J connectivity index is 1.50. The fraction of sp³-hybridized carbons (Fsp3) is 0.211. The highest BCUT2D eigenvalue weighted by Crippen LogP contribution is 2.32. The van der Waals surface area contributed by atoms with Gasteiger partial charge in [-0.2, -0.15) is 5.11 Å². The van der Waals surface area contributed by atoms with E-state index in [1.165, 1.54) is 18.2 Å². The molecule has 0 saturated carbocycles. The second-order valence-electron chi connectivity index (χ2n) is 6.86. The van der Waals surface area contributed by atoms with Crippen LogP contribution in [-0.2, 0) is 14.4 Å². The minimum absolute atomic E-state index is 0.0234. The van der Waals surface area contributed by atoms with E-state index < -0.39 is 41.3 Å². The minimum Gasteiger partial charge on any atom is -0.319 e. The second kappa shape index (κ2) is 7.35. The topological polar surface area (TPSA) is 138 Å². The molecule has 30 heavy (non-hydrogen) atoms. The molecular formula is C19H16N6O5. The number of para-hydroxylation sites is 2. The average Bonchev–Trinajstić information content (AvgIpc) is 3.23. The van der Waals surface area contributed by atoms with Gasteiger partial charge in [-0.25, -0.2) is 4.90 Å². The predicted molar refractivity (Wildman–Crippen MR) is 105 cm³/mol. The highest BCUT2D eigenvalue weighted by atomic mass is 16.6. The Bertz CT molecular complexity index is 1080. The Morgan fingerprint density at radius 2 is 1.83 bits per heavy atom. The Labute approximate surface area is 170 Å². The number of anilines is 2. The van der Waals surface area contributed by atoms with Gasteiger partial charge >= 0.3 is 0 Å². The van der Waals surface area contributed by atoms with Gasteiger partial charge in [0.05, 0.1) is 10.6 Å². The molecule has 11 nitrogen and oxygen atoms in total. The third-order valence-corrected chi connectivity index (χ3v) is 4.83. The lowest BCUT2D eigenvalue weighted by atomic mass is 10.1. The number of fused-ring (bicyclic) bond motifs is 1. The number of hydrogen-bond acceptors (Lipinski definition) is 8. The first kappa shape index (κ1) is 19.2. The molecular weight excluding hydrogens is 392 g/mol. The number of carbonyl (C=O) groups is 3. The molecule has 3 amide bonds. The Morgan fingerprint density at radius 3 is 2.53 bits per heavy atom. The van der Waals surface area contributed by atoms with Crippen LogP contribution in [0.3, 0.4) is 0 Å². The van der Waals surface area contributed by atoms with Gasteiger partial charge in [-0.3, -0.25) is 29.5 Å². The van der Waals surface area contributed by atoms with Crippen molar-refractivity contribution in [2.24, 2.45) is 10.3 Å². The number of amides is 3. The average molecular weight is 408 g/mol. The quantitative estimate of drug-likeness (QED) is 0.455. The van der Waals surface area contributed by atoms with Crippen molar-refractivity contribution in [2.75, 3.05) is 16.8 Å². The van der Waals surface area contributed by atoms with Gasteiger partial charge in [-0.05, 0) is 25.1 Å². The molecule has 152 valence electrons. The van der Waals surface area contributed by atoms with Gasteiger partial charge in [0.15, 0.2) is 12.1 Å². The van der Waals surface area contributed by atoms with E-state index in [1.54, 1.807) is 30.3 Å². The SMILES string of the molecule is Cc1ccc(N2C(=O)[C@H]3N=NN(CC(=O)Nc4ccccc4[N+](=O)[O-])[C@@H]3C2=O)cc1. The third kappa shape index (κ3) is 3.26. The van der Waals surface area contributed by atoms with Gasteiger partial charge < -0.3 is 5.32 Å². The van der Waals surface area contributed by atoms with Crippen molar-refractivity contribution in [1.29, 1.82) is 0 Å². The summed E-state index contributed by atoms with van der Waals surface area (Å²) in [4.78, 5) is 49.5. The van der Waals surface area contributed by atoms with Gasteiger partial charge in [0.25, 0.3) is 17.5 Å². The van der Waals surface area contributed by atoms with E-state index >= 15 is 0 Å². The summed E-state index contributed by atoms with van der Waals surface area (Å²) in [5, 5.41) is 22.3. The molecule has 0 unspecified atom stereocenters. The summed E-state index contributed by atoms with van der Waals surface area (Å²) in [5.74, 6) is -1.67. The maximum absolute atomic E-state index is 12.9. The van der Waals surface area contributed by atoms with Crippen LogP contribution in [0.5, 0.6) is 0 Å². The van der Waals surface area contributed by atoms with E-state index in [9.17, 15) is 24.5 Å². The van der Waals surface area contributed by atoms with Crippen LogP contribution in [0.25, 0.3) is 0 Å². The number of nitrogens with one attached hydrogen (secondary N) is 1. The van der Waals surface area contributed by atoms with Gasteiger partial charge in [-0.1, -0.05) is 35.1 Å². The molecule has 0 aromatic heterocycles. The van der Waals surface area contributed by atoms with E-state index in [0.717, 1.165) is 15.5 Å². The predicted octanol–water partition coefficient (Wildman–Crippen LogP) is 1.84. The molecule has 1 saturated heterocycles. The molecule has 0 radical (unpaired) electrons. The van der Waals surface area contributed by atoms with Crippen LogP contribution in [0.1, 0.15) is 5.56 Å². The summed E-state index contributed by atoms with van der Waals surface area (Å²) >= 11 is 0. The molecule has 2 aliphatic rings. The van der Waals surface area contributed by atoms with Gasteiger partial charge in [0.1, 0.15) is 12.2 Å². The van der Waals surface area contributed by atoms with E-state index in [2.05, 4.69) is 15.7 Å². The zero-order chi connectivity index (χ0) is 21.4. The summed E-state index contributed by atoms with van der Waals surface area (Å²) in [7, 11) is 0. The molecule has 2 heterocycles. The first-order valence-corrected chi connectivity index (χ1v) is 9.02. The van der Waals surface area contributed by atoms with E-state index in [4.69, 9.17) is 0 Å². The maximum Gasteiger partial charge on any atom is 0.292 e. The van der Waals surface area contributed by atoms with Gasteiger partial charge in [-0.15, -0.1) is 0 Å². The first-order chi connectivity index (χ1) is 14.4. The van der Waals surface area contributed by atoms with E-state index in [0.29, 0.717) is 5.69 Å². The fourth-order valence-electron chi connectivity index (χ4n) is 3.38. The van der Waals surface area contributed by atoms with Crippen molar-refractivity contribution in [3.8, 4) is 0 Å².